The number of aromatic nitrogens is 2. The first-order valence-corrected chi connectivity index (χ1v) is 6.28. The molecule has 0 bridgehead atoms. The third-order valence-electron chi connectivity index (χ3n) is 2.34. The molecule has 0 aliphatic rings. The highest BCUT2D eigenvalue weighted by Crippen LogP contribution is 2.17. The predicted molar refractivity (Wildman–Crippen MR) is 69.0 cm³/mol. The summed E-state index contributed by atoms with van der Waals surface area (Å²) in [5.74, 6) is 5.96. The van der Waals surface area contributed by atoms with E-state index in [1.165, 1.54) is 4.88 Å². The quantitative estimate of drug-likeness (QED) is 0.842. The van der Waals surface area contributed by atoms with Crippen LogP contribution in [0.5, 0.6) is 0 Å². The lowest BCUT2D eigenvalue weighted by molar-refractivity contribution is 0.305. The standard InChI is InChI=1S/C13H14N2OS/c1-11-7-8-14-15(11)10-13-6-5-12(17-13)4-2-3-9-16/h5-8,16H,3,9-10H2,1H3. The largest absolute Gasteiger partial charge is 0.395 e. The number of aliphatic hydroxyl groups is 1. The number of aryl methyl sites for hydroxylation is 1. The smallest absolute Gasteiger partial charge is 0.0772 e. The van der Waals surface area contributed by atoms with Crippen LogP contribution in [-0.2, 0) is 6.54 Å². The summed E-state index contributed by atoms with van der Waals surface area (Å²) < 4.78 is 1.97. The van der Waals surface area contributed by atoms with E-state index in [0.717, 1.165) is 17.1 Å². The van der Waals surface area contributed by atoms with Gasteiger partial charge in [0.1, 0.15) is 0 Å². The van der Waals surface area contributed by atoms with Gasteiger partial charge in [-0.1, -0.05) is 11.8 Å². The highest BCUT2D eigenvalue weighted by atomic mass is 32.1. The molecular weight excluding hydrogens is 232 g/mol. The molecule has 17 heavy (non-hydrogen) atoms. The van der Waals surface area contributed by atoms with Crippen LogP contribution in [0.3, 0.4) is 0 Å². The SMILES string of the molecule is Cc1ccnn1Cc1ccc(C#CCCO)s1. The fraction of sp³-hybridized carbons (Fsp3) is 0.308. The maximum absolute atomic E-state index is 8.64. The minimum Gasteiger partial charge on any atom is -0.395 e. The van der Waals surface area contributed by atoms with Crippen molar-refractivity contribution in [3.63, 3.8) is 0 Å². The normalized spacial score (nSPS) is 10.0. The van der Waals surface area contributed by atoms with Crippen molar-refractivity contribution in [2.45, 2.75) is 19.9 Å². The zero-order chi connectivity index (χ0) is 12.1. The molecule has 0 aliphatic heterocycles. The van der Waals surface area contributed by atoms with E-state index >= 15 is 0 Å². The van der Waals surface area contributed by atoms with E-state index in [4.69, 9.17) is 5.11 Å². The predicted octanol–water partition coefficient (Wildman–Crippen LogP) is 2.04. The Morgan fingerprint density at radius 1 is 1.41 bits per heavy atom. The molecule has 0 aliphatic carbocycles. The highest BCUT2D eigenvalue weighted by molar-refractivity contribution is 7.12. The van der Waals surface area contributed by atoms with E-state index in [2.05, 4.69) is 23.0 Å². The Morgan fingerprint density at radius 2 is 2.29 bits per heavy atom. The van der Waals surface area contributed by atoms with E-state index in [9.17, 15) is 0 Å². The van der Waals surface area contributed by atoms with Gasteiger partial charge in [0.05, 0.1) is 18.0 Å². The van der Waals surface area contributed by atoms with Crippen molar-refractivity contribution in [2.75, 3.05) is 6.61 Å². The number of hydrogen-bond acceptors (Lipinski definition) is 3. The van der Waals surface area contributed by atoms with E-state index in [1.807, 2.05) is 29.9 Å². The van der Waals surface area contributed by atoms with Gasteiger partial charge < -0.3 is 5.11 Å². The van der Waals surface area contributed by atoms with Crippen molar-refractivity contribution in [1.82, 2.24) is 9.78 Å². The molecule has 0 unspecified atom stereocenters. The molecule has 1 N–H and O–H groups in total. The Morgan fingerprint density at radius 3 is 3.00 bits per heavy atom. The van der Waals surface area contributed by atoms with Gasteiger partial charge in [-0.15, -0.1) is 11.3 Å². The second-order valence-electron chi connectivity index (χ2n) is 3.67. The third kappa shape index (κ3) is 3.19. The average Bonchev–Trinajstić information content (AvgIpc) is 2.91. The second kappa shape index (κ2) is 5.67. The lowest BCUT2D eigenvalue weighted by atomic mass is 10.4. The molecule has 4 heteroatoms. The summed E-state index contributed by atoms with van der Waals surface area (Å²) in [6, 6.07) is 6.09. The average molecular weight is 246 g/mol. The molecule has 0 atom stereocenters. The van der Waals surface area contributed by atoms with E-state index in [0.29, 0.717) is 6.42 Å². The molecule has 88 valence electrons. The molecule has 0 saturated carbocycles. The van der Waals surface area contributed by atoms with Crippen molar-refractivity contribution in [2.24, 2.45) is 0 Å². The van der Waals surface area contributed by atoms with E-state index in [1.54, 1.807) is 11.3 Å². The molecule has 0 radical (unpaired) electrons. The van der Waals surface area contributed by atoms with Crippen molar-refractivity contribution in [3.05, 3.63) is 39.8 Å². The summed E-state index contributed by atoms with van der Waals surface area (Å²) >= 11 is 1.67. The van der Waals surface area contributed by atoms with Gasteiger partial charge in [0.15, 0.2) is 0 Å². The van der Waals surface area contributed by atoms with Crippen LogP contribution in [0.1, 0.15) is 21.9 Å². The molecule has 0 spiro atoms. The van der Waals surface area contributed by atoms with Crippen molar-refractivity contribution >= 4 is 11.3 Å². The van der Waals surface area contributed by atoms with E-state index < -0.39 is 0 Å². The van der Waals surface area contributed by atoms with Crippen LogP contribution in [-0.4, -0.2) is 21.5 Å². The summed E-state index contributed by atoms with van der Waals surface area (Å²) in [5, 5.41) is 12.9. The molecular formula is C13H14N2OS. The van der Waals surface area contributed by atoms with Crippen LogP contribution in [0.4, 0.5) is 0 Å². The Kier molecular flexibility index (Phi) is 3.97. The first kappa shape index (κ1) is 11.9. The van der Waals surface area contributed by atoms with Crippen LogP contribution in [0.25, 0.3) is 0 Å². The Balaban J connectivity index is 2.05. The van der Waals surface area contributed by atoms with Crippen LogP contribution >= 0.6 is 11.3 Å². The summed E-state index contributed by atoms with van der Waals surface area (Å²) in [4.78, 5) is 2.28. The maximum atomic E-state index is 8.64. The number of hydrogen-bond donors (Lipinski definition) is 1. The molecule has 0 amide bonds. The van der Waals surface area contributed by atoms with Crippen LogP contribution in [0.15, 0.2) is 24.4 Å². The summed E-state index contributed by atoms with van der Waals surface area (Å²) in [6.07, 6.45) is 2.34. The number of thiophene rings is 1. The lowest BCUT2D eigenvalue weighted by Gasteiger charge is -2.00. The Bertz CT molecular complexity index is 545. The van der Waals surface area contributed by atoms with Crippen molar-refractivity contribution in [3.8, 4) is 11.8 Å². The highest BCUT2D eigenvalue weighted by Gasteiger charge is 2.01. The molecule has 0 fully saturated rings. The van der Waals surface area contributed by atoms with Crippen LogP contribution in [0.2, 0.25) is 0 Å². The van der Waals surface area contributed by atoms with Crippen molar-refractivity contribution < 1.29 is 5.11 Å². The monoisotopic (exact) mass is 246 g/mol. The topological polar surface area (TPSA) is 38.0 Å². The zero-order valence-corrected chi connectivity index (χ0v) is 10.5. The van der Waals surface area contributed by atoms with Gasteiger partial charge in [-0.3, -0.25) is 4.68 Å². The zero-order valence-electron chi connectivity index (χ0n) is 9.68. The van der Waals surface area contributed by atoms with Crippen molar-refractivity contribution in [1.29, 1.82) is 0 Å². The fourth-order valence-electron chi connectivity index (χ4n) is 1.45. The minimum absolute atomic E-state index is 0.123. The van der Waals surface area contributed by atoms with Gasteiger partial charge >= 0.3 is 0 Å². The summed E-state index contributed by atoms with van der Waals surface area (Å²) in [5.41, 5.74) is 1.16. The Labute approximate surface area is 105 Å². The van der Waals surface area contributed by atoms with Crippen LogP contribution < -0.4 is 0 Å². The van der Waals surface area contributed by atoms with Gasteiger partial charge in [0, 0.05) is 23.2 Å². The first-order valence-electron chi connectivity index (χ1n) is 5.46. The molecule has 0 saturated heterocycles. The van der Waals surface area contributed by atoms with Gasteiger partial charge in [-0.25, -0.2) is 0 Å². The van der Waals surface area contributed by atoms with Gasteiger partial charge in [0.25, 0.3) is 0 Å². The lowest BCUT2D eigenvalue weighted by Crippen LogP contribution is -2.01. The number of aliphatic hydroxyl groups excluding tert-OH is 1. The molecule has 2 aromatic rings. The summed E-state index contributed by atoms with van der Waals surface area (Å²) in [6.45, 7) is 2.96. The number of nitrogens with zero attached hydrogens (tertiary/aromatic N) is 2. The van der Waals surface area contributed by atoms with E-state index in [-0.39, 0.29) is 6.61 Å². The van der Waals surface area contributed by atoms with Gasteiger partial charge in [-0.05, 0) is 25.1 Å². The third-order valence-corrected chi connectivity index (χ3v) is 3.33. The minimum atomic E-state index is 0.123. The van der Waals surface area contributed by atoms with Gasteiger partial charge in [0.2, 0.25) is 0 Å². The number of rotatable bonds is 3. The fourth-order valence-corrected chi connectivity index (χ4v) is 2.31. The molecule has 2 aromatic heterocycles. The second-order valence-corrected chi connectivity index (χ2v) is 4.84. The van der Waals surface area contributed by atoms with Crippen LogP contribution in [0, 0.1) is 18.8 Å². The molecule has 2 rings (SSSR count). The summed E-state index contributed by atoms with van der Waals surface area (Å²) in [7, 11) is 0. The first-order chi connectivity index (χ1) is 8.29. The Hall–Kier alpha value is -1.57. The molecule has 0 aromatic carbocycles. The van der Waals surface area contributed by atoms with Gasteiger partial charge in [-0.2, -0.15) is 5.10 Å². The maximum Gasteiger partial charge on any atom is 0.0772 e. The molecule has 3 nitrogen and oxygen atoms in total. The molecule has 2 heterocycles.